The van der Waals surface area contributed by atoms with E-state index in [1.54, 1.807) is 22.4 Å². The quantitative estimate of drug-likeness (QED) is 0.204. The van der Waals surface area contributed by atoms with Gasteiger partial charge in [0, 0.05) is 74.0 Å². The van der Waals surface area contributed by atoms with Crippen molar-refractivity contribution in [2.24, 2.45) is 7.05 Å². The lowest BCUT2D eigenvalue weighted by Gasteiger charge is -2.38. The van der Waals surface area contributed by atoms with Crippen molar-refractivity contribution >= 4 is 62.1 Å². The van der Waals surface area contributed by atoms with Gasteiger partial charge in [0.15, 0.2) is 0 Å². The molecule has 6 aromatic rings. The van der Waals surface area contributed by atoms with Gasteiger partial charge in [0.25, 0.3) is 0 Å². The molecule has 4 heterocycles. The summed E-state index contributed by atoms with van der Waals surface area (Å²) in [6.45, 7) is 8.34. The minimum atomic E-state index is -1.26. The highest BCUT2D eigenvalue weighted by atomic mass is 35.5. The molecule has 1 fully saturated rings. The molecule has 1 saturated heterocycles. The van der Waals surface area contributed by atoms with Gasteiger partial charge in [0.05, 0.1) is 44.7 Å². The lowest BCUT2D eigenvalue weighted by molar-refractivity contribution is -0.134. The normalized spacial score (nSPS) is 13.8. The van der Waals surface area contributed by atoms with Crippen molar-refractivity contribution in [1.29, 1.82) is 0 Å². The average Bonchev–Trinajstić information content (AvgIpc) is 3.36. The Kier molecular flexibility index (Phi) is 9.48. The number of carboxylic acid groups (broad SMARTS) is 2. The summed E-state index contributed by atoms with van der Waals surface area (Å²) < 4.78 is 3.41. The van der Waals surface area contributed by atoms with Crippen LogP contribution in [0.1, 0.15) is 13.8 Å². The Labute approximate surface area is 286 Å². The number of nitrogens with zero attached hydrogens (tertiary/aromatic N) is 6. The minimum absolute atomic E-state index is 0.138. The molecule has 1 aliphatic heterocycles. The molecule has 0 atom stereocenters. The number of carbonyl (C=O) groups is 2. The number of para-hydroxylation sites is 1. The van der Waals surface area contributed by atoms with Gasteiger partial charge >= 0.3 is 17.6 Å². The molecule has 49 heavy (non-hydrogen) atoms. The Balaban J connectivity index is 0.000000466. The van der Waals surface area contributed by atoms with E-state index in [1.807, 2.05) is 48.7 Å². The summed E-state index contributed by atoms with van der Waals surface area (Å²) in [7, 11) is 1.79. The zero-order chi connectivity index (χ0) is 34.8. The molecule has 0 radical (unpaired) electrons. The number of fused-ring (bicyclic) bond motifs is 4. The van der Waals surface area contributed by atoms with Crippen LogP contribution in [0.3, 0.4) is 0 Å². The number of piperazine rings is 1. The molecular weight excluding hydrogens is 644 g/mol. The predicted molar refractivity (Wildman–Crippen MR) is 193 cm³/mol. The minimum Gasteiger partial charge on any atom is -0.478 e. The first kappa shape index (κ1) is 33.4. The first-order valence-electron chi connectivity index (χ1n) is 15.8. The van der Waals surface area contributed by atoms with Crippen molar-refractivity contribution in [3.63, 3.8) is 0 Å². The molecule has 0 saturated carbocycles. The van der Waals surface area contributed by atoms with Gasteiger partial charge in [-0.3, -0.25) is 24.0 Å². The molecule has 0 unspecified atom stereocenters. The second-order valence-corrected chi connectivity index (χ2v) is 12.5. The van der Waals surface area contributed by atoms with Crippen LogP contribution in [-0.2, 0) is 16.6 Å². The highest BCUT2D eigenvalue weighted by molar-refractivity contribution is 6.33. The largest absolute Gasteiger partial charge is 0.478 e. The lowest BCUT2D eigenvalue weighted by atomic mass is 10.0. The second kappa shape index (κ2) is 13.9. The van der Waals surface area contributed by atoms with Crippen LogP contribution in [0, 0.1) is 0 Å². The van der Waals surface area contributed by atoms with Gasteiger partial charge in [-0.25, -0.2) is 14.4 Å². The maximum atomic E-state index is 13.7. The number of aryl methyl sites for hydroxylation is 1. The maximum absolute atomic E-state index is 13.7. The van der Waals surface area contributed by atoms with Crippen LogP contribution < -0.4 is 10.6 Å². The van der Waals surface area contributed by atoms with E-state index in [-0.39, 0.29) is 5.69 Å². The van der Waals surface area contributed by atoms with E-state index in [0.29, 0.717) is 23.2 Å². The summed E-state index contributed by atoms with van der Waals surface area (Å²) in [5.74, 6) is -2.51. The standard InChI is InChI=1S/C33H31ClN6O.C4H4O4/c1-21(2)38-12-14-39(15-13-38)30-11-9-25(18-27(30)34)40-32-26-17-22(24-16-23-6-4-5-7-28(23)35-19-24)8-10-29(26)36-20-31(32)37(3)33(40)41;5-3(6)1-2-4(7)8/h4-11,16-21H,12-15H2,1-3H3;1-2H,(H,5,6)(H,7,8). The first-order valence-corrected chi connectivity index (χ1v) is 16.2. The van der Waals surface area contributed by atoms with E-state index in [1.165, 1.54) is 0 Å². The predicted octanol–water partition coefficient (Wildman–Crippen LogP) is 5.99. The lowest BCUT2D eigenvalue weighted by Crippen LogP contribution is -2.49. The molecular formula is C37H35ClN6O5. The SMILES string of the molecule is CC(C)N1CCN(c2ccc(-n3c(=O)n(C)c4cnc5ccc(-c6cnc7ccccc7c6)cc5c43)cc2Cl)CC1.O=C(O)C=CC(=O)O. The Morgan fingerprint density at radius 2 is 1.53 bits per heavy atom. The molecule has 12 heteroatoms. The zero-order valence-electron chi connectivity index (χ0n) is 27.2. The van der Waals surface area contributed by atoms with Crippen LogP contribution in [0.5, 0.6) is 0 Å². The van der Waals surface area contributed by atoms with Crippen molar-refractivity contribution in [2.45, 2.75) is 19.9 Å². The number of aromatic nitrogens is 4. The van der Waals surface area contributed by atoms with Crippen molar-refractivity contribution < 1.29 is 19.8 Å². The maximum Gasteiger partial charge on any atom is 0.333 e. The number of hydrogen-bond acceptors (Lipinski definition) is 7. The third kappa shape index (κ3) is 6.89. The van der Waals surface area contributed by atoms with Gasteiger partial charge in [-0.1, -0.05) is 35.9 Å². The van der Waals surface area contributed by atoms with Gasteiger partial charge in [-0.05, 0) is 61.9 Å². The average molecular weight is 679 g/mol. The van der Waals surface area contributed by atoms with Gasteiger partial charge in [-0.2, -0.15) is 0 Å². The molecule has 0 amide bonds. The van der Waals surface area contributed by atoms with E-state index in [9.17, 15) is 14.4 Å². The van der Waals surface area contributed by atoms with Crippen molar-refractivity contribution in [3.8, 4) is 16.8 Å². The third-order valence-electron chi connectivity index (χ3n) is 8.75. The van der Waals surface area contributed by atoms with Crippen LogP contribution in [-0.4, -0.2) is 78.4 Å². The number of benzene rings is 3. The molecule has 250 valence electrons. The molecule has 0 spiro atoms. The van der Waals surface area contributed by atoms with Crippen LogP contribution in [0.15, 0.2) is 96.1 Å². The summed E-state index contributed by atoms with van der Waals surface area (Å²) >= 11 is 6.90. The summed E-state index contributed by atoms with van der Waals surface area (Å²) in [4.78, 5) is 46.9. The number of anilines is 1. The molecule has 3 aromatic carbocycles. The van der Waals surface area contributed by atoms with Gasteiger partial charge < -0.3 is 15.1 Å². The van der Waals surface area contributed by atoms with Crippen LogP contribution >= 0.6 is 11.6 Å². The molecule has 1 aliphatic rings. The van der Waals surface area contributed by atoms with E-state index >= 15 is 0 Å². The number of carboxylic acids is 2. The molecule has 7 rings (SSSR count). The molecule has 2 N–H and O–H groups in total. The van der Waals surface area contributed by atoms with E-state index in [4.69, 9.17) is 21.8 Å². The smallest absolute Gasteiger partial charge is 0.333 e. The first-order chi connectivity index (χ1) is 23.5. The summed E-state index contributed by atoms with van der Waals surface area (Å²) in [5, 5.41) is 18.2. The highest BCUT2D eigenvalue weighted by Crippen LogP contribution is 2.33. The number of rotatable bonds is 6. The number of pyridine rings is 2. The van der Waals surface area contributed by atoms with Crippen molar-refractivity contribution in [2.75, 3.05) is 31.1 Å². The molecule has 3 aromatic heterocycles. The van der Waals surface area contributed by atoms with Crippen LogP contribution in [0.4, 0.5) is 5.69 Å². The number of halogens is 1. The number of aliphatic carboxylic acids is 2. The van der Waals surface area contributed by atoms with Crippen molar-refractivity contribution in [3.05, 3.63) is 107 Å². The molecule has 0 bridgehead atoms. The zero-order valence-corrected chi connectivity index (χ0v) is 28.0. The van der Waals surface area contributed by atoms with Crippen molar-refractivity contribution in [1.82, 2.24) is 24.0 Å². The van der Waals surface area contributed by atoms with E-state index in [2.05, 4.69) is 57.9 Å². The van der Waals surface area contributed by atoms with Crippen LogP contribution in [0.2, 0.25) is 5.02 Å². The fourth-order valence-corrected chi connectivity index (χ4v) is 6.45. The topological polar surface area (TPSA) is 134 Å². The van der Waals surface area contributed by atoms with Gasteiger partial charge in [-0.15, -0.1) is 0 Å². The molecule has 0 aliphatic carbocycles. The third-order valence-corrected chi connectivity index (χ3v) is 9.05. The Morgan fingerprint density at radius 3 is 2.20 bits per heavy atom. The summed E-state index contributed by atoms with van der Waals surface area (Å²) in [6, 6.07) is 22.9. The van der Waals surface area contributed by atoms with Gasteiger partial charge in [0.1, 0.15) is 0 Å². The fraction of sp³-hybridized carbons (Fsp3) is 0.216. The van der Waals surface area contributed by atoms with Crippen LogP contribution in [0.25, 0.3) is 49.7 Å². The molecule has 11 nitrogen and oxygen atoms in total. The second-order valence-electron chi connectivity index (χ2n) is 12.1. The number of hydrogen-bond donors (Lipinski definition) is 2. The number of imidazole rings is 1. The Morgan fingerprint density at radius 1 is 0.837 bits per heavy atom. The highest BCUT2D eigenvalue weighted by Gasteiger charge is 2.22. The Hall–Kier alpha value is -5.52. The summed E-state index contributed by atoms with van der Waals surface area (Å²) in [6.07, 6.45) is 4.79. The summed E-state index contributed by atoms with van der Waals surface area (Å²) in [5.41, 5.74) is 6.99. The van der Waals surface area contributed by atoms with E-state index in [0.717, 1.165) is 81.5 Å². The van der Waals surface area contributed by atoms with E-state index < -0.39 is 11.9 Å². The Bertz CT molecular complexity index is 2290. The fourth-order valence-electron chi connectivity index (χ4n) is 6.16. The monoisotopic (exact) mass is 678 g/mol. The van der Waals surface area contributed by atoms with Gasteiger partial charge in [0.2, 0.25) is 0 Å².